The Hall–Kier alpha value is -3.96. The van der Waals surface area contributed by atoms with E-state index in [0.29, 0.717) is 26.1 Å². The van der Waals surface area contributed by atoms with E-state index in [2.05, 4.69) is 78.6 Å². The third-order valence-corrected chi connectivity index (χ3v) is 6.89. The third kappa shape index (κ3) is 9.65. The predicted molar refractivity (Wildman–Crippen MR) is 162 cm³/mol. The molecule has 0 unspecified atom stereocenters. The molecule has 0 aliphatic carbocycles. The topological polar surface area (TPSA) is 45.7 Å². The van der Waals surface area contributed by atoms with Crippen molar-refractivity contribution in [2.24, 2.45) is 0 Å². The monoisotopic (exact) mass is 535 g/mol. The minimum absolute atomic E-state index is 0.197. The van der Waals surface area contributed by atoms with Crippen molar-refractivity contribution in [3.63, 3.8) is 0 Å². The number of aromatic nitrogens is 1. The van der Waals surface area contributed by atoms with Crippen molar-refractivity contribution in [3.05, 3.63) is 131 Å². The van der Waals surface area contributed by atoms with Gasteiger partial charge >= 0.3 is 0 Å². The van der Waals surface area contributed by atoms with Gasteiger partial charge in [-0.05, 0) is 74.3 Å². The number of ether oxygens (including phenoxy) is 1. The molecule has 0 fully saturated rings. The highest BCUT2D eigenvalue weighted by atomic mass is 16.5. The lowest BCUT2D eigenvalue weighted by molar-refractivity contribution is -0.131. The van der Waals surface area contributed by atoms with Crippen LogP contribution in [-0.2, 0) is 37.3 Å². The first-order chi connectivity index (χ1) is 19.6. The summed E-state index contributed by atoms with van der Waals surface area (Å²) in [6.07, 6.45) is 5.99. The van der Waals surface area contributed by atoms with Gasteiger partial charge in [-0.15, -0.1) is 0 Å². The number of rotatable bonds is 15. The molecule has 4 rings (SSSR count). The Labute approximate surface area is 239 Å². The lowest BCUT2D eigenvalue weighted by atomic mass is 10.1. The van der Waals surface area contributed by atoms with Gasteiger partial charge in [0.1, 0.15) is 12.4 Å². The zero-order chi connectivity index (χ0) is 28.0. The number of hydrogen-bond acceptors (Lipinski definition) is 4. The lowest BCUT2D eigenvalue weighted by Crippen LogP contribution is -2.32. The Balaban J connectivity index is 1.43. The molecule has 3 aromatic carbocycles. The molecular weight excluding hydrogens is 494 g/mol. The SMILES string of the molecule is CN(C)Cc1cc(CN(CCc2ccccn2)C(=O)CCCCc2ccccc2)ccc1OCc1ccccc1. The summed E-state index contributed by atoms with van der Waals surface area (Å²) in [5.74, 6) is 1.08. The number of aryl methyl sites for hydroxylation is 1. The summed E-state index contributed by atoms with van der Waals surface area (Å²) in [6, 6.07) is 33.0. The summed E-state index contributed by atoms with van der Waals surface area (Å²) in [6.45, 7) is 2.51. The summed E-state index contributed by atoms with van der Waals surface area (Å²) in [7, 11) is 4.12. The van der Waals surface area contributed by atoms with Crippen molar-refractivity contribution in [2.45, 2.75) is 51.8 Å². The largest absolute Gasteiger partial charge is 0.489 e. The number of benzene rings is 3. The Morgan fingerprint density at radius 1 is 0.750 bits per heavy atom. The Bertz CT molecular complexity index is 1290. The highest BCUT2D eigenvalue weighted by molar-refractivity contribution is 5.76. The van der Waals surface area contributed by atoms with E-state index < -0.39 is 0 Å². The second-order valence-electron chi connectivity index (χ2n) is 10.5. The first-order valence-electron chi connectivity index (χ1n) is 14.2. The summed E-state index contributed by atoms with van der Waals surface area (Å²) < 4.78 is 6.22. The fourth-order valence-corrected chi connectivity index (χ4v) is 4.79. The van der Waals surface area contributed by atoms with E-state index in [1.54, 1.807) is 0 Å². The van der Waals surface area contributed by atoms with Gasteiger partial charge in [-0.3, -0.25) is 9.78 Å². The standard InChI is InChI=1S/C35H41N3O2/c1-37(2)27-32-25-31(20-21-34(32)40-28-30-16-7-4-8-17-30)26-38(24-22-33-18-11-12-23-36-33)35(39)19-10-9-15-29-13-5-3-6-14-29/h3-8,11-14,16-18,20-21,23,25H,9-10,15,19,22,24,26-28H2,1-2H3. The van der Waals surface area contributed by atoms with Crippen LogP contribution >= 0.6 is 0 Å². The molecule has 5 nitrogen and oxygen atoms in total. The minimum atomic E-state index is 0.197. The van der Waals surface area contributed by atoms with E-state index in [4.69, 9.17) is 4.74 Å². The number of amides is 1. The van der Waals surface area contributed by atoms with Crippen LogP contribution in [-0.4, -0.2) is 41.3 Å². The number of pyridine rings is 1. The Morgan fingerprint density at radius 3 is 2.17 bits per heavy atom. The molecule has 0 aliphatic rings. The first-order valence-corrected chi connectivity index (χ1v) is 14.2. The van der Waals surface area contributed by atoms with Crippen LogP contribution in [0.25, 0.3) is 0 Å². The molecule has 4 aromatic rings. The molecule has 0 atom stereocenters. The molecule has 5 heteroatoms. The zero-order valence-electron chi connectivity index (χ0n) is 23.8. The number of nitrogens with zero attached hydrogens (tertiary/aromatic N) is 3. The van der Waals surface area contributed by atoms with Crippen molar-refractivity contribution >= 4 is 5.91 Å². The molecule has 0 saturated heterocycles. The molecule has 0 bridgehead atoms. The van der Waals surface area contributed by atoms with Gasteiger partial charge in [0.2, 0.25) is 5.91 Å². The van der Waals surface area contributed by atoms with Gasteiger partial charge < -0.3 is 14.5 Å². The molecule has 0 saturated carbocycles. The molecule has 1 amide bonds. The van der Waals surface area contributed by atoms with E-state index in [1.165, 1.54) is 5.56 Å². The molecule has 0 radical (unpaired) electrons. The predicted octanol–water partition coefficient (Wildman–Crippen LogP) is 6.71. The maximum Gasteiger partial charge on any atom is 0.222 e. The number of hydrogen-bond donors (Lipinski definition) is 0. The van der Waals surface area contributed by atoms with Crippen LogP contribution in [0.1, 0.15) is 47.2 Å². The quantitative estimate of drug-likeness (QED) is 0.159. The van der Waals surface area contributed by atoms with E-state index in [1.807, 2.05) is 53.6 Å². The average molecular weight is 536 g/mol. The van der Waals surface area contributed by atoms with Gasteiger partial charge in [0.05, 0.1) is 0 Å². The molecule has 40 heavy (non-hydrogen) atoms. The van der Waals surface area contributed by atoms with Gasteiger partial charge in [-0.2, -0.15) is 0 Å². The van der Waals surface area contributed by atoms with Crippen molar-refractivity contribution in [1.29, 1.82) is 0 Å². The molecule has 208 valence electrons. The summed E-state index contributed by atoms with van der Waals surface area (Å²) in [5, 5.41) is 0. The normalized spacial score (nSPS) is 11.0. The van der Waals surface area contributed by atoms with Crippen LogP contribution in [0.5, 0.6) is 5.75 Å². The molecule has 0 spiro atoms. The first kappa shape index (κ1) is 29.0. The fourth-order valence-electron chi connectivity index (χ4n) is 4.79. The van der Waals surface area contributed by atoms with E-state index in [0.717, 1.165) is 60.4 Å². The number of carbonyl (C=O) groups is 1. The summed E-state index contributed by atoms with van der Waals surface area (Å²) in [4.78, 5) is 22.1. The van der Waals surface area contributed by atoms with Crippen LogP contribution in [0.4, 0.5) is 0 Å². The number of unbranched alkanes of at least 4 members (excludes halogenated alkanes) is 1. The van der Waals surface area contributed by atoms with Crippen LogP contribution in [0.3, 0.4) is 0 Å². The number of carbonyl (C=O) groups excluding carboxylic acids is 1. The highest BCUT2D eigenvalue weighted by Gasteiger charge is 2.16. The Kier molecular flexibility index (Phi) is 11.3. The minimum Gasteiger partial charge on any atom is -0.489 e. The Morgan fingerprint density at radius 2 is 1.48 bits per heavy atom. The maximum atomic E-state index is 13.4. The van der Waals surface area contributed by atoms with Gasteiger partial charge in [-0.25, -0.2) is 0 Å². The van der Waals surface area contributed by atoms with Gasteiger partial charge in [0.15, 0.2) is 0 Å². The fraction of sp³-hybridized carbons (Fsp3) is 0.314. The van der Waals surface area contributed by atoms with Crippen LogP contribution < -0.4 is 4.74 Å². The van der Waals surface area contributed by atoms with Gasteiger partial charge in [-0.1, -0.05) is 72.8 Å². The van der Waals surface area contributed by atoms with Crippen LogP contribution in [0, 0.1) is 0 Å². The van der Waals surface area contributed by atoms with Crippen LogP contribution in [0.15, 0.2) is 103 Å². The van der Waals surface area contributed by atoms with Gasteiger partial charge in [0.25, 0.3) is 0 Å². The smallest absolute Gasteiger partial charge is 0.222 e. The molecule has 1 heterocycles. The molecule has 0 N–H and O–H groups in total. The van der Waals surface area contributed by atoms with Crippen molar-refractivity contribution in [2.75, 3.05) is 20.6 Å². The average Bonchev–Trinajstić information content (AvgIpc) is 2.98. The van der Waals surface area contributed by atoms with E-state index >= 15 is 0 Å². The molecule has 0 aliphatic heterocycles. The molecular formula is C35H41N3O2. The summed E-state index contributed by atoms with van der Waals surface area (Å²) in [5.41, 5.74) is 5.70. The zero-order valence-corrected chi connectivity index (χ0v) is 23.8. The lowest BCUT2D eigenvalue weighted by Gasteiger charge is -2.24. The highest BCUT2D eigenvalue weighted by Crippen LogP contribution is 2.24. The summed E-state index contributed by atoms with van der Waals surface area (Å²) >= 11 is 0. The van der Waals surface area contributed by atoms with E-state index in [9.17, 15) is 4.79 Å². The van der Waals surface area contributed by atoms with Crippen molar-refractivity contribution < 1.29 is 9.53 Å². The maximum absolute atomic E-state index is 13.4. The van der Waals surface area contributed by atoms with E-state index in [-0.39, 0.29) is 5.91 Å². The van der Waals surface area contributed by atoms with Gasteiger partial charge in [0, 0.05) is 49.9 Å². The second-order valence-corrected chi connectivity index (χ2v) is 10.5. The second kappa shape index (κ2) is 15.6. The van der Waals surface area contributed by atoms with Crippen molar-refractivity contribution in [3.8, 4) is 5.75 Å². The van der Waals surface area contributed by atoms with Crippen LogP contribution in [0.2, 0.25) is 0 Å². The molecule has 1 aromatic heterocycles. The third-order valence-electron chi connectivity index (χ3n) is 6.89. The van der Waals surface area contributed by atoms with Crippen molar-refractivity contribution in [1.82, 2.24) is 14.8 Å².